The van der Waals surface area contributed by atoms with Gasteiger partial charge in [-0.15, -0.1) is 12.4 Å². The van der Waals surface area contributed by atoms with Crippen molar-refractivity contribution in [1.29, 1.82) is 0 Å². The lowest BCUT2D eigenvalue weighted by Gasteiger charge is -2.22. The van der Waals surface area contributed by atoms with Crippen LogP contribution in [0.2, 0.25) is 0 Å². The molecule has 0 bridgehead atoms. The molecule has 2 aromatic rings. The van der Waals surface area contributed by atoms with Gasteiger partial charge in [-0.1, -0.05) is 53.7 Å². The van der Waals surface area contributed by atoms with E-state index in [-0.39, 0.29) is 32.2 Å². The Morgan fingerprint density at radius 3 is 1.81 bits per heavy atom. The fourth-order valence-electron chi connectivity index (χ4n) is 3.21. The molecule has 1 aliphatic carbocycles. The molecule has 0 spiro atoms. The van der Waals surface area contributed by atoms with Crippen LogP contribution >= 0.6 is 12.4 Å². The summed E-state index contributed by atoms with van der Waals surface area (Å²) >= 11 is 0. The average molecular weight is 393 g/mol. The second kappa shape index (κ2) is 10.4. The molecule has 6 nitrogen and oxygen atoms in total. The highest BCUT2D eigenvalue weighted by Gasteiger charge is 2.24. The van der Waals surface area contributed by atoms with Gasteiger partial charge in [0.1, 0.15) is 18.4 Å². The second-order valence-electron chi connectivity index (χ2n) is 6.23. The number of oxime groups is 1. The van der Waals surface area contributed by atoms with Gasteiger partial charge < -0.3 is 20.2 Å². The summed E-state index contributed by atoms with van der Waals surface area (Å²) in [7, 11) is 0. The van der Waals surface area contributed by atoms with Gasteiger partial charge in [0.05, 0.1) is 13.2 Å². The monoisotopic (exact) mass is 392 g/mol. The van der Waals surface area contributed by atoms with Gasteiger partial charge in [0.25, 0.3) is 0 Å². The Balaban J connectivity index is 0.00000261. The van der Waals surface area contributed by atoms with Crippen LogP contribution in [0.5, 0.6) is 0 Å². The highest BCUT2D eigenvalue weighted by molar-refractivity contribution is 6.24. The van der Waals surface area contributed by atoms with E-state index in [9.17, 15) is 5.11 Å². The molecule has 0 heterocycles. The predicted molar refractivity (Wildman–Crippen MR) is 107 cm³/mol. The molecular weight excluding hydrogens is 368 g/mol. The van der Waals surface area contributed by atoms with Crippen molar-refractivity contribution in [2.75, 3.05) is 39.5 Å². The summed E-state index contributed by atoms with van der Waals surface area (Å²) in [5, 5.41) is 32.5. The smallest absolute Gasteiger partial charge is 0.144 e. The molecule has 0 fully saturated rings. The molecule has 1 unspecified atom stereocenters. The lowest BCUT2D eigenvalue weighted by Crippen LogP contribution is -2.38. The number of halogens is 1. The van der Waals surface area contributed by atoms with E-state index in [4.69, 9.17) is 15.1 Å². The van der Waals surface area contributed by atoms with E-state index in [1.165, 1.54) is 0 Å². The molecule has 0 radical (unpaired) electrons. The van der Waals surface area contributed by atoms with Crippen LogP contribution in [0.4, 0.5) is 0 Å². The highest BCUT2D eigenvalue weighted by atomic mass is 35.5. The van der Waals surface area contributed by atoms with Crippen LogP contribution in [-0.2, 0) is 4.84 Å². The van der Waals surface area contributed by atoms with Crippen LogP contribution in [0, 0.1) is 0 Å². The van der Waals surface area contributed by atoms with Crippen molar-refractivity contribution < 1.29 is 20.2 Å². The maximum Gasteiger partial charge on any atom is 0.144 e. The summed E-state index contributed by atoms with van der Waals surface area (Å²) in [6, 6.07) is 16.1. The number of aliphatic hydroxyl groups excluding tert-OH is 3. The Morgan fingerprint density at radius 1 is 0.852 bits per heavy atom. The van der Waals surface area contributed by atoms with Crippen LogP contribution in [0.1, 0.15) is 11.1 Å². The van der Waals surface area contributed by atoms with E-state index in [0.717, 1.165) is 28.0 Å². The molecule has 27 heavy (non-hydrogen) atoms. The molecule has 1 aliphatic rings. The van der Waals surface area contributed by atoms with Crippen LogP contribution in [-0.4, -0.2) is 71.5 Å². The minimum Gasteiger partial charge on any atom is -0.395 e. The van der Waals surface area contributed by atoms with Crippen LogP contribution in [0.3, 0.4) is 0 Å². The Labute approximate surface area is 165 Å². The van der Waals surface area contributed by atoms with E-state index in [1.807, 2.05) is 36.4 Å². The van der Waals surface area contributed by atoms with Gasteiger partial charge in [0.2, 0.25) is 0 Å². The van der Waals surface area contributed by atoms with Crippen molar-refractivity contribution in [3.8, 4) is 11.1 Å². The number of rotatable bonds is 9. The quantitative estimate of drug-likeness (QED) is 0.480. The predicted octanol–water partition coefficient (Wildman–Crippen LogP) is 1.51. The SMILES string of the molecule is Cl.OCCN(CCO)CC(O)CON=C1c2ccccc2-c2ccccc21. The molecule has 0 aromatic heterocycles. The summed E-state index contributed by atoms with van der Waals surface area (Å²) in [4.78, 5) is 7.22. The number of nitrogens with zero attached hydrogens (tertiary/aromatic N) is 2. The standard InChI is InChI=1S/C20H24N2O4.ClH/c23-11-9-22(10-12-24)13-15(25)14-26-21-20-18-7-3-1-5-16(18)17-6-2-4-8-19(17)20;/h1-8,15,23-25H,9-14H2;1H. The van der Waals surface area contributed by atoms with Crippen molar-refractivity contribution >= 4 is 18.1 Å². The first-order valence-corrected chi connectivity index (χ1v) is 8.76. The molecule has 0 saturated carbocycles. The van der Waals surface area contributed by atoms with Crippen LogP contribution in [0.25, 0.3) is 11.1 Å². The molecule has 7 heteroatoms. The van der Waals surface area contributed by atoms with Gasteiger partial charge in [0.15, 0.2) is 0 Å². The zero-order valence-electron chi connectivity index (χ0n) is 15.0. The Kier molecular flexibility index (Phi) is 8.22. The molecule has 3 N–H and O–H groups in total. The fraction of sp³-hybridized carbons (Fsp3) is 0.350. The highest BCUT2D eigenvalue weighted by Crippen LogP contribution is 2.36. The van der Waals surface area contributed by atoms with Crippen LogP contribution < -0.4 is 0 Å². The van der Waals surface area contributed by atoms with Crippen molar-refractivity contribution in [2.45, 2.75) is 6.10 Å². The van der Waals surface area contributed by atoms with E-state index < -0.39 is 6.10 Å². The molecule has 2 aromatic carbocycles. The minimum absolute atomic E-state index is 0. The number of hydrogen-bond donors (Lipinski definition) is 3. The molecule has 0 saturated heterocycles. The maximum atomic E-state index is 10.1. The minimum atomic E-state index is -0.760. The third-order valence-electron chi connectivity index (χ3n) is 4.38. The average Bonchev–Trinajstić information content (AvgIpc) is 2.97. The summed E-state index contributed by atoms with van der Waals surface area (Å²) in [6.07, 6.45) is -0.760. The number of fused-ring (bicyclic) bond motifs is 3. The van der Waals surface area contributed by atoms with E-state index in [2.05, 4.69) is 17.3 Å². The number of hydrogen-bond acceptors (Lipinski definition) is 6. The maximum absolute atomic E-state index is 10.1. The first-order chi connectivity index (χ1) is 12.7. The van der Waals surface area contributed by atoms with E-state index in [1.54, 1.807) is 4.90 Å². The van der Waals surface area contributed by atoms with E-state index in [0.29, 0.717) is 19.6 Å². The lowest BCUT2D eigenvalue weighted by molar-refractivity contribution is 0.0136. The lowest BCUT2D eigenvalue weighted by atomic mass is 10.1. The largest absolute Gasteiger partial charge is 0.395 e. The molecule has 0 aliphatic heterocycles. The second-order valence-corrected chi connectivity index (χ2v) is 6.23. The molecular formula is C20H25ClN2O4. The zero-order chi connectivity index (χ0) is 18.4. The molecule has 1 atom stereocenters. The normalized spacial score (nSPS) is 13.0. The van der Waals surface area contributed by atoms with Gasteiger partial charge in [-0.05, 0) is 11.1 Å². The summed E-state index contributed by atoms with van der Waals surface area (Å²) in [5.41, 5.74) is 5.06. The van der Waals surface area contributed by atoms with Gasteiger partial charge in [0, 0.05) is 30.8 Å². The molecule has 146 valence electrons. The Bertz CT molecular complexity index is 716. The fourth-order valence-corrected chi connectivity index (χ4v) is 3.21. The van der Waals surface area contributed by atoms with Gasteiger partial charge in [-0.25, -0.2) is 0 Å². The molecule has 0 amide bonds. The Hall–Kier alpha value is -1.96. The van der Waals surface area contributed by atoms with Crippen molar-refractivity contribution in [2.24, 2.45) is 5.16 Å². The summed E-state index contributed by atoms with van der Waals surface area (Å²) in [6.45, 7) is 1.09. The first kappa shape index (κ1) is 21.3. The summed E-state index contributed by atoms with van der Waals surface area (Å²) in [5.74, 6) is 0. The van der Waals surface area contributed by atoms with Crippen molar-refractivity contribution in [3.63, 3.8) is 0 Å². The first-order valence-electron chi connectivity index (χ1n) is 8.76. The summed E-state index contributed by atoms with van der Waals surface area (Å²) < 4.78 is 0. The number of benzene rings is 2. The van der Waals surface area contributed by atoms with Crippen molar-refractivity contribution in [1.82, 2.24) is 4.90 Å². The zero-order valence-corrected chi connectivity index (χ0v) is 15.8. The Morgan fingerprint density at radius 2 is 1.33 bits per heavy atom. The third-order valence-corrected chi connectivity index (χ3v) is 4.38. The van der Waals surface area contributed by atoms with Crippen molar-refractivity contribution in [3.05, 3.63) is 59.7 Å². The number of aliphatic hydroxyl groups is 3. The van der Waals surface area contributed by atoms with Gasteiger partial charge in [-0.3, -0.25) is 4.90 Å². The van der Waals surface area contributed by atoms with Crippen LogP contribution in [0.15, 0.2) is 53.7 Å². The van der Waals surface area contributed by atoms with E-state index >= 15 is 0 Å². The van der Waals surface area contributed by atoms with Gasteiger partial charge >= 0.3 is 0 Å². The topological polar surface area (TPSA) is 85.5 Å². The van der Waals surface area contributed by atoms with Gasteiger partial charge in [-0.2, -0.15) is 0 Å². The molecule has 3 rings (SSSR count). The third kappa shape index (κ3) is 5.06.